The lowest BCUT2D eigenvalue weighted by molar-refractivity contribution is -0.00167. The maximum atomic E-state index is 5.91. The second-order valence-electron chi connectivity index (χ2n) is 5.26. The quantitative estimate of drug-likeness (QED) is 0.874. The molecular weight excluding hydrogens is 214 g/mol. The highest BCUT2D eigenvalue weighted by atomic mass is 16.5. The second-order valence-corrected chi connectivity index (χ2v) is 5.26. The van der Waals surface area contributed by atoms with Crippen molar-refractivity contribution in [2.45, 2.75) is 45.8 Å². The number of ether oxygens (including phenoxy) is 1. The minimum atomic E-state index is 0.439. The van der Waals surface area contributed by atoms with Gasteiger partial charge in [0.1, 0.15) is 5.82 Å². The Balaban J connectivity index is 1.69. The van der Waals surface area contributed by atoms with Gasteiger partial charge in [0.05, 0.1) is 19.3 Å². The van der Waals surface area contributed by atoms with E-state index in [1.165, 1.54) is 19.3 Å². The molecule has 0 aromatic carbocycles. The summed E-state index contributed by atoms with van der Waals surface area (Å²) >= 11 is 0. The molecule has 2 rings (SSSR count). The summed E-state index contributed by atoms with van der Waals surface area (Å²) < 4.78 is 7.75. The van der Waals surface area contributed by atoms with Gasteiger partial charge in [0.2, 0.25) is 0 Å². The van der Waals surface area contributed by atoms with Crippen molar-refractivity contribution >= 4 is 5.82 Å². The van der Waals surface area contributed by atoms with Crippen LogP contribution in [0.15, 0.2) is 12.3 Å². The van der Waals surface area contributed by atoms with Gasteiger partial charge in [-0.3, -0.25) is 4.68 Å². The van der Waals surface area contributed by atoms with Crippen molar-refractivity contribution in [3.63, 3.8) is 0 Å². The Kier molecular flexibility index (Phi) is 4.05. The number of nitrogens with two attached hydrogens (primary N) is 1. The van der Waals surface area contributed by atoms with Gasteiger partial charge in [0, 0.05) is 6.20 Å². The average Bonchev–Trinajstić information content (AvgIpc) is 2.70. The molecule has 17 heavy (non-hydrogen) atoms. The van der Waals surface area contributed by atoms with Crippen molar-refractivity contribution in [3.05, 3.63) is 12.3 Å². The number of rotatable bonds is 4. The maximum Gasteiger partial charge on any atom is 0.145 e. The van der Waals surface area contributed by atoms with Crippen LogP contribution in [0.5, 0.6) is 0 Å². The molecule has 4 heteroatoms. The van der Waals surface area contributed by atoms with E-state index < -0.39 is 0 Å². The molecule has 1 aromatic heterocycles. The van der Waals surface area contributed by atoms with Gasteiger partial charge in [-0.2, -0.15) is 5.10 Å². The van der Waals surface area contributed by atoms with Crippen molar-refractivity contribution in [2.75, 3.05) is 12.3 Å². The number of nitrogens with zero attached hydrogens (tertiary/aromatic N) is 2. The second kappa shape index (κ2) is 5.54. The highest BCUT2D eigenvalue weighted by Crippen LogP contribution is 2.30. The Hall–Kier alpha value is -1.03. The Morgan fingerprint density at radius 2 is 2.24 bits per heavy atom. The van der Waals surface area contributed by atoms with E-state index in [4.69, 9.17) is 10.5 Å². The molecule has 0 radical (unpaired) electrons. The number of aromatic nitrogens is 2. The summed E-state index contributed by atoms with van der Waals surface area (Å²) in [5, 5.41) is 4.13. The van der Waals surface area contributed by atoms with Crippen LogP contribution in [0.4, 0.5) is 5.82 Å². The average molecular weight is 237 g/mol. The number of hydrogen-bond acceptors (Lipinski definition) is 3. The summed E-state index contributed by atoms with van der Waals surface area (Å²) in [6.45, 7) is 6.19. The number of nitrogen functional groups attached to an aromatic ring is 1. The zero-order chi connectivity index (χ0) is 12.3. The first kappa shape index (κ1) is 12.4. The molecule has 1 aliphatic carbocycles. The van der Waals surface area contributed by atoms with E-state index in [0.717, 1.165) is 25.0 Å². The molecule has 1 aliphatic rings. The van der Waals surface area contributed by atoms with Gasteiger partial charge in [-0.05, 0) is 37.2 Å². The fraction of sp³-hybridized carbons (Fsp3) is 0.769. The molecule has 1 fully saturated rings. The lowest BCUT2D eigenvalue weighted by Crippen LogP contribution is -2.27. The van der Waals surface area contributed by atoms with Gasteiger partial charge in [0.25, 0.3) is 0 Å². The normalized spacial score (nSPS) is 29.4. The third-order valence-corrected chi connectivity index (χ3v) is 3.89. The van der Waals surface area contributed by atoms with Crippen LogP contribution >= 0.6 is 0 Å². The highest BCUT2D eigenvalue weighted by molar-refractivity contribution is 5.23. The van der Waals surface area contributed by atoms with Gasteiger partial charge < -0.3 is 10.5 Å². The first-order valence-electron chi connectivity index (χ1n) is 6.55. The summed E-state index contributed by atoms with van der Waals surface area (Å²) in [4.78, 5) is 0. The Morgan fingerprint density at radius 1 is 1.41 bits per heavy atom. The third-order valence-electron chi connectivity index (χ3n) is 3.89. The number of anilines is 1. The van der Waals surface area contributed by atoms with Crippen LogP contribution in [0.2, 0.25) is 0 Å². The largest absolute Gasteiger partial charge is 0.382 e. The van der Waals surface area contributed by atoms with Crippen LogP contribution in [0.1, 0.15) is 33.1 Å². The molecule has 3 unspecified atom stereocenters. The Morgan fingerprint density at radius 3 is 2.88 bits per heavy atom. The van der Waals surface area contributed by atoms with E-state index in [1.807, 2.05) is 16.9 Å². The highest BCUT2D eigenvalue weighted by Gasteiger charge is 2.24. The lowest BCUT2D eigenvalue weighted by atomic mass is 9.80. The van der Waals surface area contributed by atoms with Crippen LogP contribution in [-0.2, 0) is 11.3 Å². The molecule has 0 amide bonds. The number of hydrogen-bond donors (Lipinski definition) is 1. The van der Waals surface area contributed by atoms with Crippen LogP contribution in [0.3, 0.4) is 0 Å². The molecule has 0 bridgehead atoms. The molecule has 0 spiro atoms. The van der Waals surface area contributed by atoms with Gasteiger partial charge in [-0.15, -0.1) is 0 Å². The van der Waals surface area contributed by atoms with Gasteiger partial charge in [-0.1, -0.05) is 13.8 Å². The van der Waals surface area contributed by atoms with Crippen LogP contribution in [-0.4, -0.2) is 22.5 Å². The predicted molar refractivity (Wildman–Crippen MR) is 68.6 cm³/mol. The molecule has 2 N–H and O–H groups in total. The van der Waals surface area contributed by atoms with E-state index in [1.54, 1.807) is 0 Å². The summed E-state index contributed by atoms with van der Waals surface area (Å²) in [5.74, 6) is 2.21. The zero-order valence-electron chi connectivity index (χ0n) is 10.8. The molecule has 1 saturated carbocycles. The van der Waals surface area contributed by atoms with Gasteiger partial charge in [0.15, 0.2) is 0 Å². The molecule has 96 valence electrons. The standard InChI is InChI=1S/C13H23N3O/c1-10-3-4-12(9-11(10)2)17-8-7-16-6-5-13(14)15-16/h5-6,10-12H,3-4,7-9H2,1-2H3,(H2,14,15). The third kappa shape index (κ3) is 3.46. The lowest BCUT2D eigenvalue weighted by Gasteiger charge is -2.31. The molecule has 1 aromatic rings. The first-order chi connectivity index (χ1) is 8.15. The van der Waals surface area contributed by atoms with Gasteiger partial charge in [-0.25, -0.2) is 0 Å². The van der Waals surface area contributed by atoms with Gasteiger partial charge >= 0.3 is 0 Å². The van der Waals surface area contributed by atoms with E-state index in [2.05, 4.69) is 18.9 Å². The van der Waals surface area contributed by atoms with E-state index in [-0.39, 0.29) is 0 Å². The minimum Gasteiger partial charge on any atom is -0.382 e. The Labute approximate surface area is 103 Å². The topological polar surface area (TPSA) is 53.1 Å². The van der Waals surface area contributed by atoms with Crippen molar-refractivity contribution < 1.29 is 4.74 Å². The van der Waals surface area contributed by atoms with E-state index in [9.17, 15) is 0 Å². The van der Waals surface area contributed by atoms with Crippen molar-refractivity contribution in [2.24, 2.45) is 11.8 Å². The molecule has 1 heterocycles. The summed E-state index contributed by atoms with van der Waals surface area (Å²) in [5.41, 5.74) is 5.55. The minimum absolute atomic E-state index is 0.439. The van der Waals surface area contributed by atoms with E-state index in [0.29, 0.717) is 11.9 Å². The Bertz CT molecular complexity index is 350. The molecule has 3 atom stereocenters. The maximum absolute atomic E-state index is 5.91. The smallest absolute Gasteiger partial charge is 0.145 e. The fourth-order valence-corrected chi connectivity index (χ4v) is 2.46. The summed E-state index contributed by atoms with van der Waals surface area (Å²) in [6, 6.07) is 1.81. The van der Waals surface area contributed by atoms with Crippen LogP contribution < -0.4 is 5.73 Å². The first-order valence-corrected chi connectivity index (χ1v) is 6.55. The molecule has 4 nitrogen and oxygen atoms in total. The fourth-order valence-electron chi connectivity index (χ4n) is 2.46. The summed E-state index contributed by atoms with van der Waals surface area (Å²) in [7, 11) is 0. The molecule has 0 saturated heterocycles. The van der Waals surface area contributed by atoms with Crippen molar-refractivity contribution in [3.8, 4) is 0 Å². The zero-order valence-corrected chi connectivity index (χ0v) is 10.8. The van der Waals surface area contributed by atoms with E-state index >= 15 is 0 Å². The SMILES string of the molecule is CC1CCC(OCCn2ccc(N)n2)CC1C. The van der Waals surface area contributed by atoms with Crippen molar-refractivity contribution in [1.82, 2.24) is 9.78 Å². The molecular formula is C13H23N3O. The summed E-state index contributed by atoms with van der Waals surface area (Å²) in [6.07, 6.45) is 6.02. The predicted octanol–water partition coefficient (Wildman–Crippen LogP) is 2.31. The van der Waals surface area contributed by atoms with Crippen LogP contribution in [0.25, 0.3) is 0 Å². The monoisotopic (exact) mass is 237 g/mol. The molecule has 0 aliphatic heterocycles. The van der Waals surface area contributed by atoms with Crippen molar-refractivity contribution in [1.29, 1.82) is 0 Å². The van der Waals surface area contributed by atoms with Crippen LogP contribution in [0, 0.1) is 11.8 Å².